The van der Waals surface area contributed by atoms with E-state index < -0.39 is 11.4 Å². The molecule has 0 aromatic carbocycles. The molecule has 0 radical (unpaired) electrons. The average Bonchev–Trinajstić information content (AvgIpc) is 2.86. The summed E-state index contributed by atoms with van der Waals surface area (Å²) in [5.74, 6) is 1.44. The van der Waals surface area contributed by atoms with Crippen molar-refractivity contribution >= 4 is 23.9 Å². The molecule has 6 rings (SSSR count). The van der Waals surface area contributed by atoms with Crippen molar-refractivity contribution in [2.75, 3.05) is 0 Å². The van der Waals surface area contributed by atoms with E-state index in [-0.39, 0.29) is 27.6 Å². The van der Waals surface area contributed by atoms with Gasteiger partial charge in [0.15, 0.2) is 6.29 Å². The Labute approximate surface area is 239 Å². The Balaban J connectivity index is 1.48. The minimum absolute atomic E-state index is 0.00451. The smallest absolute Gasteiger partial charge is 0.310 e. The zero-order valence-corrected chi connectivity index (χ0v) is 25.6. The first kappa shape index (κ1) is 27.5. The first-order valence-electron chi connectivity index (χ1n) is 15.3. The molecule has 3 fully saturated rings. The monoisotopic (exact) mass is 551 g/mol. The van der Waals surface area contributed by atoms with Crippen molar-refractivity contribution in [3.8, 4) is 0 Å². The summed E-state index contributed by atoms with van der Waals surface area (Å²) in [7, 11) is 0. The van der Waals surface area contributed by atoms with E-state index in [2.05, 4.69) is 54.5 Å². The molecular weight excluding hydrogens is 506 g/mol. The van der Waals surface area contributed by atoms with Gasteiger partial charge in [0, 0.05) is 5.41 Å². The van der Waals surface area contributed by atoms with Crippen LogP contribution < -0.4 is 0 Å². The van der Waals surface area contributed by atoms with E-state index in [9.17, 15) is 14.7 Å². The molecule has 0 spiro atoms. The number of nitrogens with zero attached hydrogens (tertiary/aromatic N) is 1. The van der Waals surface area contributed by atoms with Crippen LogP contribution in [0.1, 0.15) is 115 Å². The lowest BCUT2D eigenvalue weighted by Gasteiger charge is -2.70. The maximum absolute atomic E-state index is 12.9. The van der Waals surface area contributed by atoms with Gasteiger partial charge in [-0.05, 0) is 109 Å². The third kappa shape index (κ3) is 3.27. The largest absolute Gasteiger partial charge is 0.481 e. The topological polar surface area (TPSA) is 67.3 Å². The van der Waals surface area contributed by atoms with Gasteiger partial charge in [0.05, 0.1) is 16.7 Å². The van der Waals surface area contributed by atoms with E-state index in [0.717, 1.165) is 63.3 Å². The van der Waals surface area contributed by atoms with E-state index in [0.29, 0.717) is 34.4 Å². The van der Waals surface area contributed by atoms with Crippen molar-refractivity contribution in [1.82, 2.24) is 4.98 Å². The van der Waals surface area contributed by atoms with Gasteiger partial charge in [-0.15, -0.1) is 0 Å². The van der Waals surface area contributed by atoms with Gasteiger partial charge in [0.1, 0.15) is 5.15 Å². The third-order valence-electron chi connectivity index (χ3n) is 13.9. The summed E-state index contributed by atoms with van der Waals surface area (Å²) in [6.07, 6.45) is 11.2. The zero-order valence-electron chi connectivity index (χ0n) is 24.9. The molecule has 9 unspecified atom stereocenters. The number of hydrogen-bond acceptors (Lipinski definition) is 3. The van der Waals surface area contributed by atoms with E-state index in [4.69, 9.17) is 16.6 Å². The Kier molecular flexibility index (Phi) is 5.94. The molecule has 0 saturated heterocycles. The molecule has 3 saturated carbocycles. The van der Waals surface area contributed by atoms with Crippen LogP contribution in [0.5, 0.6) is 0 Å². The first-order chi connectivity index (χ1) is 18.2. The second kappa shape index (κ2) is 8.43. The summed E-state index contributed by atoms with van der Waals surface area (Å²) in [5.41, 5.74) is 3.60. The highest BCUT2D eigenvalue weighted by Gasteiger charge is 2.69. The number of aromatic nitrogens is 1. The number of carboxylic acids is 1. The van der Waals surface area contributed by atoms with Crippen LogP contribution in [0.3, 0.4) is 0 Å². The fourth-order valence-corrected chi connectivity index (χ4v) is 11.7. The molecule has 0 aliphatic heterocycles. The summed E-state index contributed by atoms with van der Waals surface area (Å²) >= 11 is 6.45. The number of carboxylic acid groups (broad SMARTS) is 1. The lowest BCUT2D eigenvalue weighted by molar-refractivity contribution is -0.179. The molecule has 5 aliphatic carbocycles. The Morgan fingerprint density at radius 3 is 2.44 bits per heavy atom. The predicted octanol–water partition coefficient (Wildman–Crippen LogP) is 8.30. The van der Waals surface area contributed by atoms with Crippen LogP contribution in [0.2, 0.25) is 5.15 Å². The van der Waals surface area contributed by atoms with Crippen molar-refractivity contribution < 1.29 is 14.7 Å². The van der Waals surface area contributed by atoms with Crippen molar-refractivity contribution in [2.24, 2.45) is 51.2 Å². The zero-order chi connectivity index (χ0) is 28.3. The molecule has 5 heteroatoms. The molecule has 1 heterocycles. The highest BCUT2D eigenvalue weighted by Crippen LogP contribution is 2.75. The normalized spacial score (nSPS) is 45.9. The quantitative estimate of drug-likeness (QED) is 0.228. The van der Waals surface area contributed by atoms with Crippen molar-refractivity contribution in [3.63, 3.8) is 0 Å². The van der Waals surface area contributed by atoms with Gasteiger partial charge in [0.25, 0.3) is 0 Å². The Morgan fingerprint density at radius 2 is 1.77 bits per heavy atom. The van der Waals surface area contributed by atoms with Crippen LogP contribution in [0, 0.1) is 51.2 Å². The summed E-state index contributed by atoms with van der Waals surface area (Å²) in [6.45, 7) is 16.9. The van der Waals surface area contributed by atoms with Gasteiger partial charge in [-0.1, -0.05) is 71.7 Å². The second-order valence-electron chi connectivity index (χ2n) is 15.5. The summed E-state index contributed by atoms with van der Waals surface area (Å²) < 4.78 is 0. The molecule has 212 valence electrons. The van der Waals surface area contributed by atoms with Crippen LogP contribution in [-0.4, -0.2) is 22.3 Å². The Bertz CT molecular complexity index is 1290. The maximum atomic E-state index is 12.9. The minimum Gasteiger partial charge on any atom is -0.481 e. The first-order valence-corrected chi connectivity index (χ1v) is 15.6. The van der Waals surface area contributed by atoms with Crippen LogP contribution in [-0.2, 0) is 16.6 Å². The molecule has 1 aromatic rings. The van der Waals surface area contributed by atoms with Crippen molar-refractivity contribution in [3.05, 3.63) is 39.7 Å². The number of carbonyl (C=O) groups is 2. The second-order valence-corrected chi connectivity index (χ2v) is 15.9. The summed E-state index contributed by atoms with van der Waals surface area (Å²) in [4.78, 5) is 29.5. The SMILES string of the molecule is CC1CCC2(C(=O)O)CCC3(C)C(=CCC4C5(C)Cc6cc(C=O)c(Cl)nc6C(C)(C)C5CCC43C)C2C1C. The van der Waals surface area contributed by atoms with Crippen LogP contribution in [0.15, 0.2) is 17.7 Å². The van der Waals surface area contributed by atoms with Crippen LogP contribution >= 0.6 is 11.6 Å². The number of aldehydes is 1. The standard InChI is InChI=1S/C34H46ClNO3/c1-19-10-13-34(29(38)39)15-14-32(6)23(26(34)20(19)2)8-9-25-31(5)17-21-16-22(18-37)28(35)36-27(21)30(3,4)24(31)11-12-33(25,32)7/h8,16,18-20,24-26H,9-15,17H2,1-7H3,(H,38,39). The van der Waals surface area contributed by atoms with Gasteiger partial charge in [-0.25, -0.2) is 4.98 Å². The number of aliphatic carboxylic acids is 1. The van der Waals surface area contributed by atoms with Gasteiger partial charge in [-0.2, -0.15) is 0 Å². The van der Waals surface area contributed by atoms with Crippen molar-refractivity contribution in [1.29, 1.82) is 0 Å². The van der Waals surface area contributed by atoms with Crippen LogP contribution in [0.4, 0.5) is 0 Å². The maximum Gasteiger partial charge on any atom is 0.310 e. The molecule has 9 atom stereocenters. The van der Waals surface area contributed by atoms with Gasteiger partial charge in [-0.3, -0.25) is 9.59 Å². The number of halogens is 1. The predicted molar refractivity (Wildman–Crippen MR) is 155 cm³/mol. The van der Waals surface area contributed by atoms with E-state index >= 15 is 0 Å². The number of rotatable bonds is 2. The summed E-state index contributed by atoms with van der Waals surface area (Å²) in [5, 5.41) is 11.0. The number of pyridine rings is 1. The number of allylic oxidation sites excluding steroid dienone is 2. The number of carbonyl (C=O) groups excluding carboxylic acids is 1. The van der Waals surface area contributed by atoms with Gasteiger partial charge in [0.2, 0.25) is 0 Å². The van der Waals surface area contributed by atoms with E-state index in [1.54, 1.807) is 0 Å². The molecule has 5 aliphatic rings. The van der Waals surface area contributed by atoms with Crippen LogP contribution in [0.25, 0.3) is 0 Å². The Hall–Kier alpha value is -1.68. The molecule has 1 N–H and O–H groups in total. The highest BCUT2D eigenvalue weighted by atomic mass is 35.5. The lowest BCUT2D eigenvalue weighted by atomic mass is 9.33. The molecule has 0 bridgehead atoms. The molecular formula is C34H46ClNO3. The highest BCUT2D eigenvalue weighted by molar-refractivity contribution is 6.31. The van der Waals surface area contributed by atoms with E-state index in [1.165, 1.54) is 11.1 Å². The molecule has 39 heavy (non-hydrogen) atoms. The molecule has 4 nitrogen and oxygen atoms in total. The van der Waals surface area contributed by atoms with E-state index in [1.807, 2.05) is 6.07 Å². The fourth-order valence-electron chi connectivity index (χ4n) is 11.6. The third-order valence-corrected chi connectivity index (χ3v) is 14.2. The molecule has 0 amide bonds. The average molecular weight is 552 g/mol. The number of fused-ring (bicyclic) bond motifs is 8. The summed E-state index contributed by atoms with van der Waals surface area (Å²) in [6, 6.07) is 2.01. The number of hydrogen-bond donors (Lipinski definition) is 1. The van der Waals surface area contributed by atoms with Crippen molar-refractivity contribution in [2.45, 2.75) is 105 Å². The lowest BCUT2D eigenvalue weighted by Crippen LogP contribution is -2.65. The molecule has 1 aromatic heterocycles. The minimum atomic E-state index is -0.608. The van der Waals surface area contributed by atoms with Gasteiger partial charge < -0.3 is 5.11 Å². The van der Waals surface area contributed by atoms with Gasteiger partial charge >= 0.3 is 5.97 Å². The Morgan fingerprint density at radius 1 is 1.05 bits per heavy atom. The fraction of sp³-hybridized carbons (Fsp3) is 0.735.